The van der Waals surface area contributed by atoms with E-state index in [1.54, 1.807) is 0 Å². The molecule has 1 aromatic rings. The fraction of sp³-hybridized carbons (Fsp3) is 0.200. The first-order valence-corrected chi connectivity index (χ1v) is 3.78. The van der Waals surface area contributed by atoms with Gasteiger partial charge in [-0.25, -0.2) is 4.21 Å². The number of H-pyrrole nitrogens is 1. The van der Waals surface area contributed by atoms with E-state index >= 15 is 0 Å². The molecule has 2 nitrogen and oxygen atoms in total. The third-order valence-corrected chi connectivity index (χ3v) is 2.10. The molecule has 0 radical (unpaired) electrons. The molecule has 0 amide bonds. The van der Waals surface area contributed by atoms with Gasteiger partial charge in [0.2, 0.25) is 0 Å². The lowest BCUT2D eigenvalue weighted by Crippen LogP contribution is -2.15. The highest BCUT2D eigenvalue weighted by Crippen LogP contribution is 2.25. The summed E-state index contributed by atoms with van der Waals surface area (Å²) in [4.78, 5) is 2.14. The Morgan fingerprint density at radius 3 is 2.45 bits per heavy atom. The van der Waals surface area contributed by atoms with Gasteiger partial charge in [0, 0.05) is 12.4 Å². The predicted molar refractivity (Wildman–Crippen MR) is 33.3 cm³/mol. The fourth-order valence-corrected chi connectivity index (χ4v) is 1.19. The zero-order valence-corrected chi connectivity index (χ0v) is 6.00. The number of rotatable bonds is 1. The second-order valence-electron chi connectivity index (χ2n) is 1.76. The van der Waals surface area contributed by atoms with Crippen LogP contribution < -0.4 is 0 Å². The van der Waals surface area contributed by atoms with Crippen LogP contribution in [0.1, 0.15) is 0 Å². The van der Waals surface area contributed by atoms with Gasteiger partial charge in [-0.3, -0.25) is 0 Å². The van der Waals surface area contributed by atoms with Gasteiger partial charge in [0.1, 0.15) is 0 Å². The summed E-state index contributed by atoms with van der Waals surface area (Å²) in [7, 11) is -2.90. The molecule has 1 heterocycles. The van der Waals surface area contributed by atoms with Crippen LogP contribution in [0.25, 0.3) is 0 Å². The van der Waals surface area contributed by atoms with Crippen molar-refractivity contribution in [3.8, 4) is 0 Å². The number of hydrogen-bond donors (Lipinski definition) is 1. The van der Waals surface area contributed by atoms with Crippen LogP contribution in [0, 0.1) is 0 Å². The van der Waals surface area contributed by atoms with Crippen molar-refractivity contribution < 1.29 is 17.4 Å². The molecule has 0 fully saturated rings. The third kappa shape index (κ3) is 1.83. The molecule has 62 valence electrons. The maximum atomic E-state index is 11.7. The van der Waals surface area contributed by atoms with E-state index in [-0.39, 0.29) is 4.90 Å². The number of aromatic amines is 1. The van der Waals surface area contributed by atoms with Gasteiger partial charge in [-0.05, 0) is 6.07 Å². The van der Waals surface area contributed by atoms with Gasteiger partial charge in [-0.15, -0.1) is 0 Å². The number of nitrogens with one attached hydrogen (secondary N) is 1. The SMILES string of the molecule is O=S(c1cc[nH]c1)C(F)(F)F. The Hall–Kier alpha value is -0.780. The molecule has 0 saturated carbocycles. The Bertz CT molecular complexity index is 253. The van der Waals surface area contributed by atoms with Crippen LogP contribution in [0.5, 0.6) is 0 Å². The van der Waals surface area contributed by atoms with Gasteiger partial charge in [-0.2, -0.15) is 13.2 Å². The van der Waals surface area contributed by atoms with Gasteiger partial charge < -0.3 is 4.98 Å². The van der Waals surface area contributed by atoms with Crippen molar-refractivity contribution in [2.45, 2.75) is 10.4 Å². The zero-order valence-electron chi connectivity index (χ0n) is 5.18. The third-order valence-electron chi connectivity index (χ3n) is 0.994. The van der Waals surface area contributed by atoms with Crippen molar-refractivity contribution in [1.29, 1.82) is 0 Å². The zero-order chi connectivity index (χ0) is 8.48. The van der Waals surface area contributed by atoms with Crippen molar-refractivity contribution in [2.75, 3.05) is 0 Å². The summed E-state index contributed by atoms with van der Waals surface area (Å²) in [5, 5.41) is 0. The topological polar surface area (TPSA) is 32.9 Å². The first-order chi connectivity index (χ1) is 5.02. The van der Waals surface area contributed by atoms with Crippen molar-refractivity contribution in [2.24, 2.45) is 0 Å². The molecule has 1 atom stereocenters. The van der Waals surface area contributed by atoms with Crippen LogP contribution >= 0.6 is 0 Å². The number of halogens is 3. The lowest BCUT2D eigenvalue weighted by Gasteiger charge is -2.02. The van der Waals surface area contributed by atoms with Crippen LogP contribution in [-0.4, -0.2) is 14.7 Å². The normalized spacial score (nSPS) is 14.8. The lowest BCUT2D eigenvalue weighted by molar-refractivity contribution is -0.0384. The quantitative estimate of drug-likeness (QED) is 0.705. The first-order valence-electron chi connectivity index (χ1n) is 2.63. The monoisotopic (exact) mass is 183 g/mol. The Balaban J connectivity index is 2.88. The average Bonchev–Trinajstić information content (AvgIpc) is 2.34. The van der Waals surface area contributed by atoms with Crippen molar-refractivity contribution in [1.82, 2.24) is 4.98 Å². The highest BCUT2D eigenvalue weighted by atomic mass is 32.2. The molecule has 1 N–H and O–H groups in total. The van der Waals surface area contributed by atoms with Crippen LogP contribution in [-0.2, 0) is 10.8 Å². The van der Waals surface area contributed by atoms with Crippen LogP contribution in [0.4, 0.5) is 13.2 Å². The Morgan fingerprint density at radius 2 is 2.09 bits per heavy atom. The molecule has 1 unspecified atom stereocenters. The van der Waals surface area contributed by atoms with Crippen molar-refractivity contribution in [3.63, 3.8) is 0 Å². The average molecular weight is 183 g/mol. The summed E-state index contributed by atoms with van der Waals surface area (Å²) < 4.78 is 45.6. The van der Waals surface area contributed by atoms with E-state index < -0.39 is 16.3 Å². The predicted octanol–water partition coefficient (Wildman–Crippen LogP) is 1.64. The molecule has 6 heteroatoms. The first kappa shape index (κ1) is 8.32. The smallest absolute Gasteiger partial charge is 0.367 e. The van der Waals surface area contributed by atoms with Crippen LogP contribution in [0.3, 0.4) is 0 Å². The molecule has 11 heavy (non-hydrogen) atoms. The van der Waals surface area contributed by atoms with Crippen molar-refractivity contribution >= 4 is 10.8 Å². The number of hydrogen-bond acceptors (Lipinski definition) is 1. The Morgan fingerprint density at radius 1 is 1.45 bits per heavy atom. The van der Waals surface area contributed by atoms with Gasteiger partial charge >= 0.3 is 5.51 Å². The second kappa shape index (κ2) is 2.69. The van der Waals surface area contributed by atoms with Crippen LogP contribution in [0.2, 0.25) is 0 Å². The summed E-state index contributed by atoms with van der Waals surface area (Å²) >= 11 is 0. The molecular weight excluding hydrogens is 179 g/mol. The van der Waals surface area contributed by atoms with Gasteiger partial charge in [0.25, 0.3) is 0 Å². The minimum Gasteiger partial charge on any atom is -0.367 e. The summed E-state index contributed by atoms with van der Waals surface area (Å²) in [6, 6.07) is 1.13. The molecule has 1 rings (SSSR count). The summed E-state index contributed by atoms with van der Waals surface area (Å²) in [6.45, 7) is 0. The minimum absolute atomic E-state index is 0.252. The molecule has 0 aliphatic heterocycles. The number of alkyl halides is 3. The van der Waals surface area contributed by atoms with Gasteiger partial charge in [0.05, 0.1) is 4.90 Å². The van der Waals surface area contributed by atoms with Gasteiger partial charge in [-0.1, -0.05) is 0 Å². The highest BCUT2D eigenvalue weighted by molar-refractivity contribution is 7.86. The summed E-state index contributed by atoms with van der Waals surface area (Å²) in [6.07, 6.45) is 2.35. The molecule has 0 saturated heterocycles. The maximum Gasteiger partial charge on any atom is 0.475 e. The maximum absolute atomic E-state index is 11.7. The number of aromatic nitrogens is 1. The molecular formula is C5H4F3NOS. The van der Waals surface area contributed by atoms with E-state index in [0.717, 1.165) is 12.3 Å². The lowest BCUT2D eigenvalue weighted by atomic mass is 10.7. The van der Waals surface area contributed by atoms with E-state index in [9.17, 15) is 17.4 Å². The largest absolute Gasteiger partial charge is 0.475 e. The molecule has 0 aromatic carbocycles. The summed E-state index contributed by atoms with van der Waals surface area (Å²) in [5.74, 6) is 0. The van der Waals surface area contributed by atoms with E-state index in [4.69, 9.17) is 0 Å². The van der Waals surface area contributed by atoms with Crippen molar-refractivity contribution in [3.05, 3.63) is 18.5 Å². The van der Waals surface area contributed by atoms with E-state index in [1.165, 1.54) is 6.20 Å². The summed E-state index contributed by atoms with van der Waals surface area (Å²) in [5.41, 5.74) is -4.66. The van der Waals surface area contributed by atoms with Crippen LogP contribution in [0.15, 0.2) is 23.4 Å². The van der Waals surface area contributed by atoms with E-state index in [1.807, 2.05) is 0 Å². The molecule has 0 spiro atoms. The highest BCUT2D eigenvalue weighted by Gasteiger charge is 2.38. The standard InChI is InChI=1S/C5H4F3NOS/c6-5(7,8)11(10)4-1-2-9-3-4/h1-3,9H. The Labute approximate surface area is 62.9 Å². The fourth-order valence-electron chi connectivity index (χ4n) is 0.558. The van der Waals surface area contributed by atoms with E-state index in [2.05, 4.69) is 4.98 Å². The molecule has 0 aliphatic rings. The Kier molecular flexibility index (Phi) is 2.03. The minimum atomic E-state index is -4.66. The molecule has 0 bridgehead atoms. The van der Waals surface area contributed by atoms with Gasteiger partial charge in [0.15, 0.2) is 10.8 Å². The molecule has 0 aliphatic carbocycles. The second-order valence-corrected chi connectivity index (χ2v) is 3.23. The molecule has 1 aromatic heterocycles. The van der Waals surface area contributed by atoms with E-state index in [0.29, 0.717) is 0 Å².